The number of rotatable bonds is 4. The highest BCUT2D eigenvalue weighted by atomic mass is 16.5. The first kappa shape index (κ1) is 15.5. The highest BCUT2D eigenvalue weighted by Gasteiger charge is 2.41. The molecule has 0 N–H and O–H groups in total. The summed E-state index contributed by atoms with van der Waals surface area (Å²) in [5.74, 6) is 0.112. The summed E-state index contributed by atoms with van der Waals surface area (Å²) in [4.78, 5) is 16.3. The Bertz CT molecular complexity index is 503. The maximum Gasteiger partial charge on any atom is 0.251 e. The Balaban J connectivity index is 1.53. The van der Waals surface area contributed by atoms with Crippen molar-refractivity contribution in [1.29, 1.82) is 0 Å². The lowest BCUT2D eigenvalue weighted by molar-refractivity contribution is -0.151. The number of benzene rings is 1. The molecule has 0 radical (unpaired) electrons. The van der Waals surface area contributed by atoms with Gasteiger partial charge in [0, 0.05) is 33.2 Å². The van der Waals surface area contributed by atoms with Crippen LogP contribution in [0.4, 0.5) is 0 Å². The molecule has 2 fully saturated rings. The van der Waals surface area contributed by atoms with Crippen LogP contribution in [-0.4, -0.2) is 61.1 Å². The number of likely N-dealkylation sites (N-methyl/N-ethyl adjacent to an activating group) is 1. The number of fused-ring (bicyclic) bond motifs is 1. The van der Waals surface area contributed by atoms with E-state index in [0.29, 0.717) is 6.04 Å². The van der Waals surface area contributed by atoms with Gasteiger partial charge >= 0.3 is 0 Å². The maximum absolute atomic E-state index is 12.1. The first-order chi connectivity index (χ1) is 10.6. The second-order valence-electron chi connectivity index (χ2n) is 6.60. The van der Waals surface area contributed by atoms with E-state index >= 15 is 0 Å². The number of hydrogen-bond donors (Lipinski definition) is 0. The third-order valence-electron chi connectivity index (χ3n) is 4.91. The van der Waals surface area contributed by atoms with Gasteiger partial charge in [-0.25, -0.2) is 0 Å². The van der Waals surface area contributed by atoms with Crippen LogP contribution in [0.25, 0.3) is 0 Å². The molecule has 0 bridgehead atoms. The topological polar surface area (TPSA) is 32.8 Å². The third kappa shape index (κ3) is 3.33. The fourth-order valence-corrected chi connectivity index (χ4v) is 3.68. The van der Waals surface area contributed by atoms with Crippen LogP contribution in [0.3, 0.4) is 0 Å². The van der Waals surface area contributed by atoms with Crippen molar-refractivity contribution in [2.75, 3.05) is 27.2 Å². The highest BCUT2D eigenvalue weighted by Crippen LogP contribution is 2.31. The second kappa shape index (κ2) is 6.80. The van der Waals surface area contributed by atoms with E-state index in [1.54, 1.807) is 19.0 Å². The average molecular weight is 302 g/mol. The molecule has 2 aliphatic heterocycles. The molecule has 0 unspecified atom stereocenters. The lowest BCUT2D eigenvalue weighted by atomic mass is 9.98. The maximum atomic E-state index is 12.1. The molecule has 2 heterocycles. The van der Waals surface area contributed by atoms with Crippen LogP contribution in [0.2, 0.25) is 0 Å². The molecule has 1 amide bonds. The molecular formula is C18H26N2O2. The summed E-state index contributed by atoms with van der Waals surface area (Å²) in [6.45, 7) is 2.17. The number of nitrogens with zero attached hydrogens (tertiary/aromatic N) is 2. The SMILES string of the molecule is CN(C)C(=O)[C@H]1CC[C@@H]2[C@@H](CCN2CCc2ccccc2)O1. The molecule has 1 aromatic rings. The monoisotopic (exact) mass is 302 g/mol. The van der Waals surface area contributed by atoms with Crippen LogP contribution in [0.15, 0.2) is 30.3 Å². The van der Waals surface area contributed by atoms with Gasteiger partial charge in [-0.2, -0.15) is 0 Å². The van der Waals surface area contributed by atoms with Crippen molar-refractivity contribution in [3.05, 3.63) is 35.9 Å². The van der Waals surface area contributed by atoms with Gasteiger partial charge in [0.1, 0.15) is 6.10 Å². The van der Waals surface area contributed by atoms with Crippen molar-refractivity contribution in [1.82, 2.24) is 9.80 Å². The van der Waals surface area contributed by atoms with Gasteiger partial charge in [0.15, 0.2) is 0 Å². The summed E-state index contributed by atoms with van der Waals surface area (Å²) in [5.41, 5.74) is 1.39. The van der Waals surface area contributed by atoms with Crippen LogP contribution in [0.5, 0.6) is 0 Å². The van der Waals surface area contributed by atoms with E-state index in [2.05, 4.69) is 35.2 Å². The second-order valence-corrected chi connectivity index (χ2v) is 6.60. The van der Waals surface area contributed by atoms with Crippen LogP contribution in [-0.2, 0) is 16.0 Å². The molecule has 22 heavy (non-hydrogen) atoms. The largest absolute Gasteiger partial charge is 0.363 e. The average Bonchev–Trinajstić information content (AvgIpc) is 2.95. The van der Waals surface area contributed by atoms with Gasteiger partial charge in [0.25, 0.3) is 5.91 Å². The molecule has 0 spiro atoms. The molecule has 2 aliphatic rings. The quantitative estimate of drug-likeness (QED) is 0.852. The zero-order chi connectivity index (χ0) is 15.5. The molecule has 0 aromatic heterocycles. The molecule has 4 nitrogen and oxygen atoms in total. The van der Waals surface area contributed by atoms with Gasteiger partial charge in [-0.3, -0.25) is 9.69 Å². The third-order valence-corrected chi connectivity index (χ3v) is 4.91. The van der Waals surface area contributed by atoms with Crippen molar-refractivity contribution in [3.63, 3.8) is 0 Å². The van der Waals surface area contributed by atoms with Gasteiger partial charge in [-0.05, 0) is 31.2 Å². The smallest absolute Gasteiger partial charge is 0.251 e. The lowest BCUT2D eigenvalue weighted by Crippen LogP contribution is -2.47. The summed E-state index contributed by atoms with van der Waals surface area (Å²) in [7, 11) is 3.61. The van der Waals surface area contributed by atoms with E-state index in [-0.39, 0.29) is 18.1 Å². The Morgan fingerprint density at radius 2 is 2.00 bits per heavy atom. The minimum Gasteiger partial charge on any atom is -0.363 e. The van der Waals surface area contributed by atoms with Crippen LogP contribution >= 0.6 is 0 Å². The van der Waals surface area contributed by atoms with Gasteiger partial charge in [-0.15, -0.1) is 0 Å². The van der Waals surface area contributed by atoms with Gasteiger partial charge in [0.2, 0.25) is 0 Å². The molecule has 3 rings (SSSR count). The Hall–Kier alpha value is -1.39. The molecule has 4 heteroatoms. The van der Waals surface area contributed by atoms with E-state index in [1.165, 1.54) is 5.56 Å². The minimum absolute atomic E-state index is 0.112. The molecule has 1 aromatic carbocycles. The molecule has 3 atom stereocenters. The van der Waals surface area contributed by atoms with Crippen LogP contribution < -0.4 is 0 Å². The van der Waals surface area contributed by atoms with Crippen LogP contribution in [0.1, 0.15) is 24.8 Å². The van der Waals surface area contributed by atoms with E-state index in [9.17, 15) is 4.79 Å². The molecule has 120 valence electrons. The Kier molecular flexibility index (Phi) is 4.79. The van der Waals surface area contributed by atoms with Crippen molar-refractivity contribution in [2.24, 2.45) is 0 Å². The number of carbonyl (C=O) groups excluding carboxylic acids is 1. The zero-order valence-electron chi connectivity index (χ0n) is 13.6. The predicted molar refractivity (Wildman–Crippen MR) is 86.7 cm³/mol. The summed E-state index contributed by atoms with van der Waals surface area (Å²) in [5, 5.41) is 0. The number of ether oxygens (including phenoxy) is 1. The van der Waals surface area contributed by atoms with Crippen molar-refractivity contribution < 1.29 is 9.53 Å². The standard InChI is InChI=1S/C18H26N2O2/c1-19(2)18(21)17-9-8-15-16(22-17)11-13-20(15)12-10-14-6-4-3-5-7-14/h3-7,15-17H,8-13H2,1-2H3/t15-,16-,17-/m1/s1. The van der Waals surface area contributed by atoms with Gasteiger partial charge in [-0.1, -0.05) is 30.3 Å². The van der Waals surface area contributed by atoms with Crippen molar-refractivity contribution in [2.45, 2.75) is 43.9 Å². The summed E-state index contributed by atoms with van der Waals surface area (Å²) >= 11 is 0. The normalized spacial score (nSPS) is 28.4. The first-order valence-corrected chi connectivity index (χ1v) is 8.30. The molecule has 0 saturated carbocycles. The predicted octanol–water partition coefficient (Wildman–Crippen LogP) is 1.94. The van der Waals surface area contributed by atoms with E-state index in [0.717, 1.165) is 38.8 Å². The van der Waals surface area contributed by atoms with E-state index in [1.807, 2.05) is 0 Å². The van der Waals surface area contributed by atoms with E-state index < -0.39 is 0 Å². The molecule has 0 aliphatic carbocycles. The first-order valence-electron chi connectivity index (χ1n) is 8.30. The summed E-state index contributed by atoms with van der Waals surface area (Å²) in [6, 6.07) is 11.1. The minimum atomic E-state index is -0.231. The fraction of sp³-hybridized carbons (Fsp3) is 0.611. The van der Waals surface area contributed by atoms with Gasteiger partial charge in [0.05, 0.1) is 6.10 Å². The highest BCUT2D eigenvalue weighted by molar-refractivity contribution is 5.80. The zero-order valence-corrected chi connectivity index (χ0v) is 13.6. The number of amides is 1. The van der Waals surface area contributed by atoms with Gasteiger partial charge < -0.3 is 9.64 Å². The van der Waals surface area contributed by atoms with Crippen molar-refractivity contribution in [3.8, 4) is 0 Å². The molecule has 2 saturated heterocycles. The van der Waals surface area contributed by atoms with Crippen LogP contribution in [0, 0.1) is 0 Å². The number of likely N-dealkylation sites (tertiary alicyclic amines) is 1. The van der Waals surface area contributed by atoms with E-state index in [4.69, 9.17) is 4.74 Å². The number of hydrogen-bond acceptors (Lipinski definition) is 3. The number of carbonyl (C=O) groups is 1. The fourth-order valence-electron chi connectivity index (χ4n) is 3.68. The summed E-state index contributed by atoms with van der Waals surface area (Å²) in [6.07, 6.45) is 4.06. The Morgan fingerprint density at radius 3 is 2.73 bits per heavy atom. The summed E-state index contributed by atoms with van der Waals surface area (Å²) < 4.78 is 6.08. The lowest BCUT2D eigenvalue weighted by Gasteiger charge is -2.36. The van der Waals surface area contributed by atoms with Crippen molar-refractivity contribution >= 4 is 5.91 Å². The Morgan fingerprint density at radius 1 is 1.23 bits per heavy atom. The molecular weight excluding hydrogens is 276 g/mol. The Labute approximate surface area is 133 Å².